The number of alkyl carbamates (subject to hydrolysis) is 1. The number of carbonyl (C=O) groups is 1. The van der Waals surface area contributed by atoms with Gasteiger partial charge in [-0.25, -0.2) is 4.79 Å². The highest BCUT2D eigenvalue weighted by molar-refractivity contribution is 5.79. The minimum Gasteiger partial charge on any atom is -0.444 e. The van der Waals surface area contributed by atoms with Crippen molar-refractivity contribution in [1.82, 2.24) is 20.9 Å². The molecule has 0 aliphatic carbocycles. The number of ether oxygens (including phenoxy) is 1. The summed E-state index contributed by atoms with van der Waals surface area (Å²) < 4.78 is 5.33. The number of amides is 1. The van der Waals surface area contributed by atoms with Gasteiger partial charge >= 0.3 is 6.09 Å². The number of hydrogen-bond donors (Lipinski definition) is 3. The number of carbonyl (C=O) groups excluding carboxylic acids is 1. The third-order valence-electron chi connectivity index (χ3n) is 4.60. The first-order chi connectivity index (χ1) is 12.4. The van der Waals surface area contributed by atoms with E-state index in [0.717, 1.165) is 19.0 Å². The number of rotatable bonds is 6. The van der Waals surface area contributed by atoms with Gasteiger partial charge in [0.1, 0.15) is 5.60 Å². The maximum absolute atomic E-state index is 12.0. The van der Waals surface area contributed by atoms with Gasteiger partial charge in [-0.2, -0.15) is 0 Å². The fourth-order valence-electron chi connectivity index (χ4n) is 3.12. The maximum Gasteiger partial charge on any atom is 0.408 e. The molecule has 1 aliphatic heterocycles. The number of nitrogens with one attached hydrogen (secondary N) is 3. The van der Waals surface area contributed by atoms with E-state index in [9.17, 15) is 4.79 Å². The van der Waals surface area contributed by atoms with Crippen LogP contribution in [0.15, 0.2) is 4.99 Å². The fourth-order valence-corrected chi connectivity index (χ4v) is 3.12. The minimum absolute atomic E-state index is 0.409. The summed E-state index contributed by atoms with van der Waals surface area (Å²) in [6, 6.07) is 0.602. The number of aliphatic imine (C=N–C) groups is 1. The fraction of sp³-hybridized carbons (Fsp3) is 0.900. The predicted octanol–water partition coefficient (Wildman–Crippen LogP) is 2.58. The van der Waals surface area contributed by atoms with Gasteiger partial charge in [-0.05, 0) is 73.8 Å². The van der Waals surface area contributed by atoms with E-state index in [1.54, 1.807) is 7.05 Å². The van der Waals surface area contributed by atoms with Crippen LogP contribution in [0.1, 0.15) is 61.3 Å². The molecule has 1 atom stereocenters. The zero-order chi connectivity index (χ0) is 20.7. The summed E-state index contributed by atoms with van der Waals surface area (Å²) in [6.45, 7) is 17.8. The molecule has 1 fully saturated rings. The summed E-state index contributed by atoms with van der Waals surface area (Å²) in [5.41, 5.74) is -0.964. The first-order valence-corrected chi connectivity index (χ1v) is 10.1. The SMILES string of the molecule is CN=C(NCC1CCCN(C(C)C)C1)NCC(C)(C)NC(=O)OC(C)(C)C. The van der Waals surface area contributed by atoms with Crippen molar-refractivity contribution in [3.63, 3.8) is 0 Å². The molecule has 0 bridgehead atoms. The summed E-state index contributed by atoms with van der Waals surface area (Å²) >= 11 is 0. The van der Waals surface area contributed by atoms with E-state index in [1.165, 1.54) is 19.4 Å². The van der Waals surface area contributed by atoms with E-state index >= 15 is 0 Å². The summed E-state index contributed by atoms with van der Waals surface area (Å²) in [5, 5.41) is 9.64. The minimum atomic E-state index is -0.505. The zero-order valence-electron chi connectivity index (χ0n) is 18.6. The molecule has 0 spiro atoms. The van der Waals surface area contributed by atoms with E-state index in [1.807, 2.05) is 34.6 Å². The van der Waals surface area contributed by atoms with Gasteiger partial charge in [-0.3, -0.25) is 4.99 Å². The van der Waals surface area contributed by atoms with Crippen molar-refractivity contribution in [3.8, 4) is 0 Å². The van der Waals surface area contributed by atoms with Crippen LogP contribution in [-0.4, -0.2) is 67.4 Å². The van der Waals surface area contributed by atoms with Crippen LogP contribution in [0.4, 0.5) is 4.79 Å². The number of likely N-dealkylation sites (tertiary alicyclic amines) is 1. The molecule has 158 valence electrons. The monoisotopic (exact) mass is 383 g/mol. The summed E-state index contributed by atoms with van der Waals surface area (Å²) in [7, 11) is 1.77. The number of hydrogen-bond acceptors (Lipinski definition) is 4. The molecule has 3 N–H and O–H groups in total. The number of nitrogens with zero attached hydrogens (tertiary/aromatic N) is 2. The van der Waals surface area contributed by atoms with Crippen molar-refractivity contribution in [1.29, 1.82) is 0 Å². The highest BCUT2D eigenvalue weighted by Gasteiger charge is 2.25. The molecular weight excluding hydrogens is 342 g/mol. The molecule has 1 saturated heterocycles. The lowest BCUT2D eigenvalue weighted by atomic mass is 9.97. The largest absolute Gasteiger partial charge is 0.444 e. The molecule has 7 nitrogen and oxygen atoms in total. The number of piperidine rings is 1. The quantitative estimate of drug-likeness (QED) is 0.485. The first-order valence-electron chi connectivity index (χ1n) is 10.1. The lowest BCUT2D eigenvalue weighted by Gasteiger charge is -2.35. The third kappa shape index (κ3) is 9.84. The topological polar surface area (TPSA) is 78.0 Å². The second-order valence-corrected chi connectivity index (χ2v) is 9.41. The van der Waals surface area contributed by atoms with Gasteiger partial charge in [0.15, 0.2) is 5.96 Å². The van der Waals surface area contributed by atoms with Crippen molar-refractivity contribution in [3.05, 3.63) is 0 Å². The Kier molecular flexibility index (Phi) is 8.85. The molecule has 0 aromatic heterocycles. The van der Waals surface area contributed by atoms with Crippen LogP contribution in [0.25, 0.3) is 0 Å². The second-order valence-electron chi connectivity index (χ2n) is 9.41. The molecule has 0 aromatic rings. The van der Waals surface area contributed by atoms with Crippen LogP contribution in [0.2, 0.25) is 0 Å². The van der Waals surface area contributed by atoms with E-state index in [2.05, 4.69) is 39.7 Å². The standard InChI is InChI=1S/C20H41N5O2/c1-15(2)25-11-9-10-16(13-25)12-22-17(21-8)23-14-20(6,7)24-18(26)27-19(3,4)5/h15-16H,9-14H2,1-8H3,(H,24,26)(H2,21,22,23). The Morgan fingerprint density at radius 3 is 2.44 bits per heavy atom. The van der Waals surface area contributed by atoms with E-state index in [-0.39, 0.29) is 0 Å². The molecule has 1 aliphatic rings. The van der Waals surface area contributed by atoms with Crippen molar-refractivity contribution >= 4 is 12.1 Å². The lowest BCUT2D eigenvalue weighted by molar-refractivity contribution is 0.0474. The normalized spacial score (nSPS) is 19.7. The predicted molar refractivity (Wildman–Crippen MR) is 112 cm³/mol. The zero-order valence-corrected chi connectivity index (χ0v) is 18.6. The van der Waals surface area contributed by atoms with E-state index < -0.39 is 17.2 Å². The average Bonchev–Trinajstić information content (AvgIpc) is 2.52. The first kappa shape index (κ1) is 23.5. The highest BCUT2D eigenvalue weighted by atomic mass is 16.6. The van der Waals surface area contributed by atoms with Gasteiger partial charge in [-0.15, -0.1) is 0 Å². The molecule has 0 saturated carbocycles. The van der Waals surface area contributed by atoms with Gasteiger partial charge in [0.25, 0.3) is 0 Å². The molecule has 1 amide bonds. The Hall–Kier alpha value is -1.50. The van der Waals surface area contributed by atoms with Crippen LogP contribution < -0.4 is 16.0 Å². The van der Waals surface area contributed by atoms with Gasteiger partial charge in [0.05, 0.1) is 5.54 Å². The Labute approximate surface area is 165 Å². The average molecular weight is 384 g/mol. The van der Waals surface area contributed by atoms with E-state index in [4.69, 9.17) is 4.74 Å². The molecule has 0 radical (unpaired) electrons. The van der Waals surface area contributed by atoms with Crippen LogP contribution in [-0.2, 0) is 4.74 Å². The Balaban J connectivity index is 2.41. The molecule has 0 aromatic carbocycles. The van der Waals surface area contributed by atoms with Gasteiger partial charge < -0.3 is 25.6 Å². The van der Waals surface area contributed by atoms with Crippen LogP contribution >= 0.6 is 0 Å². The molecule has 1 heterocycles. The highest BCUT2D eigenvalue weighted by Crippen LogP contribution is 2.17. The Morgan fingerprint density at radius 2 is 1.89 bits per heavy atom. The summed E-state index contributed by atoms with van der Waals surface area (Å²) in [5.74, 6) is 1.39. The van der Waals surface area contributed by atoms with Crippen molar-refractivity contribution in [2.45, 2.75) is 78.5 Å². The lowest BCUT2D eigenvalue weighted by Crippen LogP contribution is -2.54. The van der Waals surface area contributed by atoms with Gasteiger partial charge in [0, 0.05) is 32.7 Å². The van der Waals surface area contributed by atoms with E-state index in [0.29, 0.717) is 18.5 Å². The summed E-state index contributed by atoms with van der Waals surface area (Å²) in [4.78, 5) is 18.8. The van der Waals surface area contributed by atoms with Crippen LogP contribution in [0.3, 0.4) is 0 Å². The van der Waals surface area contributed by atoms with Crippen LogP contribution in [0.5, 0.6) is 0 Å². The van der Waals surface area contributed by atoms with Crippen molar-refractivity contribution in [2.75, 3.05) is 33.2 Å². The van der Waals surface area contributed by atoms with Gasteiger partial charge in [-0.1, -0.05) is 0 Å². The maximum atomic E-state index is 12.0. The molecular formula is C20H41N5O2. The van der Waals surface area contributed by atoms with Crippen LogP contribution in [0, 0.1) is 5.92 Å². The molecule has 7 heteroatoms. The summed E-state index contributed by atoms with van der Waals surface area (Å²) in [6.07, 6.45) is 2.09. The smallest absolute Gasteiger partial charge is 0.408 e. The molecule has 27 heavy (non-hydrogen) atoms. The van der Waals surface area contributed by atoms with Gasteiger partial charge in [0.2, 0.25) is 0 Å². The van der Waals surface area contributed by atoms with Crippen molar-refractivity contribution < 1.29 is 9.53 Å². The third-order valence-corrected chi connectivity index (χ3v) is 4.60. The Morgan fingerprint density at radius 1 is 1.22 bits per heavy atom. The van der Waals surface area contributed by atoms with Crippen molar-refractivity contribution in [2.24, 2.45) is 10.9 Å². The second kappa shape index (κ2) is 10.2. The molecule has 1 unspecified atom stereocenters. The Bertz CT molecular complexity index is 497. The number of guanidine groups is 1. The molecule has 1 rings (SSSR count).